The molecule has 1 heterocycles. The number of aryl methyl sites for hydroxylation is 1. The lowest BCUT2D eigenvalue weighted by atomic mass is 10.5. The van der Waals surface area contributed by atoms with Gasteiger partial charge in [-0.05, 0) is 0 Å². The summed E-state index contributed by atoms with van der Waals surface area (Å²) >= 11 is 3.33. The highest BCUT2D eigenvalue weighted by atomic mass is 79.9. The summed E-state index contributed by atoms with van der Waals surface area (Å²) in [6.45, 7) is 0. The lowest BCUT2D eigenvalue weighted by Crippen LogP contribution is -1.89. The van der Waals surface area contributed by atoms with Crippen molar-refractivity contribution in [1.29, 1.82) is 0 Å². The third-order valence-corrected chi connectivity index (χ3v) is 1.63. The van der Waals surface area contributed by atoms with Crippen molar-refractivity contribution in [2.75, 3.05) is 0 Å². The second-order valence-electron chi connectivity index (χ2n) is 1.63. The third-order valence-electron chi connectivity index (χ3n) is 1.05. The van der Waals surface area contributed by atoms with Crippen molar-refractivity contribution in [3.05, 3.63) is 18.2 Å². The molecular formula is C5H7BrN2. The van der Waals surface area contributed by atoms with Crippen LogP contribution in [0.1, 0.15) is 5.69 Å². The monoisotopic (exact) mass is 174 g/mol. The molecule has 0 saturated heterocycles. The number of imidazole rings is 1. The quantitative estimate of drug-likeness (QED) is 0.588. The average molecular weight is 175 g/mol. The van der Waals surface area contributed by atoms with Crippen LogP contribution in [-0.4, -0.2) is 9.55 Å². The minimum atomic E-state index is 0.878. The van der Waals surface area contributed by atoms with Crippen LogP contribution in [0.15, 0.2) is 12.5 Å². The van der Waals surface area contributed by atoms with E-state index in [0.29, 0.717) is 0 Å². The van der Waals surface area contributed by atoms with Crippen molar-refractivity contribution < 1.29 is 0 Å². The summed E-state index contributed by atoms with van der Waals surface area (Å²) in [4.78, 5) is 3.93. The molecule has 8 heavy (non-hydrogen) atoms. The smallest absolute Gasteiger partial charge is 0.0945 e. The van der Waals surface area contributed by atoms with Crippen molar-refractivity contribution in [3.8, 4) is 0 Å². The summed E-state index contributed by atoms with van der Waals surface area (Å²) in [7, 11) is 1.98. The SMILES string of the molecule is Cn1cncc1CBr. The molecule has 44 valence electrons. The molecule has 0 N–H and O–H groups in total. The Bertz CT molecular complexity index is 171. The summed E-state index contributed by atoms with van der Waals surface area (Å²) in [6.07, 6.45) is 3.63. The number of nitrogens with zero attached hydrogens (tertiary/aromatic N) is 2. The average Bonchev–Trinajstić information content (AvgIpc) is 2.14. The van der Waals surface area contributed by atoms with E-state index in [0.717, 1.165) is 5.33 Å². The first-order valence-corrected chi connectivity index (χ1v) is 3.48. The molecule has 0 bridgehead atoms. The van der Waals surface area contributed by atoms with Crippen LogP contribution in [0.25, 0.3) is 0 Å². The zero-order chi connectivity index (χ0) is 5.98. The molecule has 3 heteroatoms. The highest BCUT2D eigenvalue weighted by Crippen LogP contribution is 2.00. The van der Waals surface area contributed by atoms with E-state index in [2.05, 4.69) is 20.9 Å². The predicted molar refractivity (Wildman–Crippen MR) is 35.8 cm³/mol. The van der Waals surface area contributed by atoms with Gasteiger partial charge in [-0.15, -0.1) is 0 Å². The van der Waals surface area contributed by atoms with Crippen molar-refractivity contribution in [2.45, 2.75) is 5.33 Å². The molecule has 0 spiro atoms. The largest absolute Gasteiger partial charge is 0.337 e. The van der Waals surface area contributed by atoms with Gasteiger partial charge in [0.05, 0.1) is 6.33 Å². The fourth-order valence-electron chi connectivity index (χ4n) is 0.513. The van der Waals surface area contributed by atoms with Crippen LogP contribution in [0.2, 0.25) is 0 Å². The van der Waals surface area contributed by atoms with Crippen molar-refractivity contribution in [1.82, 2.24) is 9.55 Å². The first kappa shape index (κ1) is 5.82. The lowest BCUT2D eigenvalue weighted by molar-refractivity contribution is 0.869. The van der Waals surface area contributed by atoms with E-state index >= 15 is 0 Å². The maximum atomic E-state index is 3.93. The molecule has 1 aromatic rings. The number of aromatic nitrogens is 2. The Hall–Kier alpha value is -0.310. The van der Waals surface area contributed by atoms with Crippen molar-refractivity contribution in [2.24, 2.45) is 7.05 Å². The van der Waals surface area contributed by atoms with Gasteiger partial charge in [-0.3, -0.25) is 0 Å². The van der Waals surface area contributed by atoms with Crippen LogP contribution in [0.3, 0.4) is 0 Å². The molecule has 0 aromatic carbocycles. The maximum absolute atomic E-state index is 3.93. The van der Waals surface area contributed by atoms with Gasteiger partial charge in [0.25, 0.3) is 0 Å². The van der Waals surface area contributed by atoms with Crippen molar-refractivity contribution >= 4 is 15.9 Å². The highest BCUT2D eigenvalue weighted by Gasteiger charge is 1.91. The standard InChI is InChI=1S/C5H7BrN2/c1-8-4-7-3-5(8)2-6/h3-4H,2H2,1H3. The first-order valence-electron chi connectivity index (χ1n) is 2.35. The number of hydrogen-bond acceptors (Lipinski definition) is 1. The van der Waals surface area contributed by atoms with E-state index in [1.54, 1.807) is 6.33 Å². The number of rotatable bonds is 1. The van der Waals surface area contributed by atoms with Gasteiger partial charge in [0, 0.05) is 24.3 Å². The minimum Gasteiger partial charge on any atom is -0.337 e. The van der Waals surface area contributed by atoms with Crippen LogP contribution >= 0.6 is 15.9 Å². The van der Waals surface area contributed by atoms with E-state index in [4.69, 9.17) is 0 Å². The van der Waals surface area contributed by atoms with E-state index < -0.39 is 0 Å². The molecule has 0 atom stereocenters. The fourth-order valence-corrected chi connectivity index (χ4v) is 1.05. The number of alkyl halides is 1. The van der Waals surface area contributed by atoms with Gasteiger partial charge in [0.15, 0.2) is 0 Å². The highest BCUT2D eigenvalue weighted by molar-refractivity contribution is 9.08. The van der Waals surface area contributed by atoms with Gasteiger partial charge in [-0.25, -0.2) is 4.98 Å². The van der Waals surface area contributed by atoms with Crippen LogP contribution in [-0.2, 0) is 12.4 Å². The molecule has 1 rings (SSSR count). The van der Waals surface area contributed by atoms with Gasteiger partial charge in [-0.2, -0.15) is 0 Å². The Morgan fingerprint density at radius 3 is 2.88 bits per heavy atom. The van der Waals surface area contributed by atoms with Gasteiger partial charge in [0.2, 0.25) is 0 Å². The topological polar surface area (TPSA) is 17.8 Å². The number of halogens is 1. The summed E-state index contributed by atoms with van der Waals surface area (Å²) < 4.78 is 1.98. The van der Waals surface area contributed by atoms with Crippen LogP contribution in [0.5, 0.6) is 0 Å². The van der Waals surface area contributed by atoms with E-state index in [1.807, 2.05) is 17.8 Å². The Kier molecular flexibility index (Phi) is 1.68. The fraction of sp³-hybridized carbons (Fsp3) is 0.400. The second kappa shape index (κ2) is 2.31. The summed E-state index contributed by atoms with van der Waals surface area (Å²) in [5.41, 5.74) is 1.20. The number of hydrogen-bond donors (Lipinski definition) is 0. The molecular weight excluding hydrogens is 168 g/mol. The molecule has 0 aliphatic carbocycles. The normalized spacial score (nSPS) is 9.75. The zero-order valence-corrected chi connectivity index (χ0v) is 6.22. The van der Waals surface area contributed by atoms with Crippen LogP contribution in [0, 0.1) is 0 Å². The van der Waals surface area contributed by atoms with Gasteiger partial charge < -0.3 is 4.57 Å². The Balaban J connectivity index is 2.92. The molecule has 0 aliphatic rings. The second-order valence-corrected chi connectivity index (χ2v) is 2.19. The molecule has 0 unspecified atom stereocenters. The van der Waals surface area contributed by atoms with Crippen LogP contribution in [0.4, 0.5) is 0 Å². The summed E-state index contributed by atoms with van der Waals surface area (Å²) in [6, 6.07) is 0. The van der Waals surface area contributed by atoms with Crippen molar-refractivity contribution in [3.63, 3.8) is 0 Å². The van der Waals surface area contributed by atoms with E-state index in [1.165, 1.54) is 5.69 Å². The summed E-state index contributed by atoms with van der Waals surface area (Å²) in [5, 5.41) is 0.878. The van der Waals surface area contributed by atoms with Gasteiger partial charge >= 0.3 is 0 Å². The molecule has 0 radical (unpaired) electrons. The molecule has 0 fully saturated rings. The minimum absolute atomic E-state index is 0.878. The molecule has 0 amide bonds. The third kappa shape index (κ3) is 0.916. The molecule has 1 aromatic heterocycles. The summed E-state index contributed by atoms with van der Waals surface area (Å²) in [5.74, 6) is 0. The van der Waals surface area contributed by atoms with E-state index in [9.17, 15) is 0 Å². The first-order chi connectivity index (χ1) is 3.84. The molecule has 2 nitrogen and oxygen atoms in total. The Morgan fingerprint density at radius 2 is 2.62 bits per heavy atom. The Morgan fingerprint density at radius 1 is 1.88 bits per heavy atom. The van der Waals surface area contributed by atoms with Gasteiger partial charge in [0.1, 0.15) is 0 Å². The zero-order valence-electron chi connectivity index (χ0n) is 4.63. The van der Waals surface area contributed by atoms with E-state index in [-0.39, 0.29) is 0 Å². The van der Waals surface area contributed by atoms with Gasteiger partial charge in [-0.1, -0.05) is 15.9 Å². The van der Waals surface area contributed by atoms with Crippen LogP contribution < -0.4 is 0 Å². The predicted octanol–water partition coefficient (Wildman–Crippen LogP) is 1.31. The lowest BCUT2D eigenvalue weighted by Gasteiger charge is -1.91. The Labute approximate surface area is 56.7 Å². The molecule has 0 aliphatic heterocycles. The molecule has 0 saturated carbocycles. The maximum Gasteiger partial charge on any atom is 0.0945 e.